The molecule has 3 N–H and O–H groups in total. The van der Waals surface area contributed by atoms with E-state index in [0.29, 0.717) is 45.4 Å². The minimum absolute atomic E-state index is 0.0214. The van der Waals surface area contributed by atoms with Gasteiger partial charge in [0.2, 0.25) is 5.69 Å². The van der Waals surface area contributed by atoms with Crippen LogP contribution in [0.1, 0.15) is 83.8 Å². The number of hydrogen-bond donors (Lipinski definition) is 3. The summed E-state index contributed by atoms with van der Waals surface area (Å²) in [5.74, 6) is -2.63. The summed E-state index contributed by atoms with van der Waals surface area (Å²) in [7, 11) is -10.6. The minimum atomic E-state index is -4.65. The van der Waals surface area contributed by atoms with E-state index in [4.69, 9.17) is 14.3 Å². The standard InChI is InChI=1S/C40H51N3O15S3/c1-38(2,19-17-37(46)58-43-35(44)15-16-36(43)45)42-32-14-12-28(61(53,54)55)26-30(32)40(4,20-22-56-5)34(42)10-7-9-33-39(3,18-8-24-59(47,48)49)29-25-27(60(50,51)52)11-13-31(29)41(33)21-23-57-6/h7,9-14,25-26H,8,15-24H2,1-6H3,(H2-,47,48,49,50,51,52,53,54,55)/p+1. The molecule has 1 fully saturated rings. The molecule has 2 atom stereocenters. The molecule has 5 rings (SSSR count). The zero-order chi connectivity index (χ0) is 45.3. The predicted octanol–water partition coefficient (Wildman–Crippen LogP) is 4.27. The zero-order valence-corrected chi connectivity index (χ0v) is 37.2. The van der Waals surface area contributed by atoms with E-state index in [2.05, 4.69) is 0 Å². The van der Waals surface area contributed by atoms with E-state index in [-0.39, 0.29) is 68.1 Å². The molecule has 3 heterocycles. The number of nitrogens with zero attached hydrogens (tertiary/aromatic N) is 3. The number of methoxy groups -OCH3 is 2. The maximum absolute atomic E-state index is 13.1. The van der Waals surface area contributed by atoms with Gasteiger partial charge < -0.3 is 19.2 Å². The first-order valence-corrected chi connectivity index (χ1v) is 23.8. The lowest BCUT2D eigenvalue weighted by molar-refractivity contribution is -0.441. The second-order valence-corrected chi connectivity index (χ2v) is 20.7. The number of imide groups is 1. The van der Waals surface area contributed by atoms with Crippen molar-refractivity contribution >= 4 is 65.2 Å². The molecule has 2 unspecified atom stereocenters. The summed E-state index contributed by atoms with van der Waals surface area (Å²) in [4.78, 5) is 43.7. The third kappa shape index (κ3) is 10.1. The summed E-state index contributed by atoms with van der Waals surface area (Å²) in [6.07, 6.45) is 5.48. The number of benzene rings is 2. The van der Waals surface area contributed by atoms with E-state index < -0.39 is 70.3 Å². The maximum Gasteiger partial charge on any atom is 0.333 e. The molecule has 2 aromatic carbocycles. The van der Waals surface area contributed by atoms with E-state index in [0.717, 1.165) is 0 Å². The molecular weight excluding hydrogens is 859 g/mol. The molecule has 0 saturated carbocycles. The van der Waals surface area contributed by atoms with Crippen LogP contribution in [0.25, 0.3) is 0 Å². The van der Waals surface area contributed by atoms with Crippen LogP contribution in [0, 0.1) is 0 Å². The number of carbonyl (C=O) groups excluding carboxylic acids is 3. The highest BCUT2D eigenvalue weighted by molar-refractivity contribution is 7.86. The molecule has 2 amide bonds. The van der Waals surface area contributed by atoms with Gasteiger partial charge in [0.15, 0.2) is 12.3 Å². The normalized spacial score (nSPS) is 21.6. The first-order chi connectivity index (χ1) is 28.3. The highest BCUT2D eigenvalue weighted by atomic mass is 32.2. The molecular formula is C40H52N3O15S3+. The van der Waals surface area contributed by atoms with Crippen molar-refractivity contribution in [1.82, 2.24) is 5.06 Å². The highest BCUT2D eigenvalue weighted by Gasteiger charge is 2.50. The topological polar surface area (TPSA) is 251 Å². The first kappa shape index (κ1) is 47.7. The number of hydrogen-bond acceptors (Lipinski definition) is 13. The van der Waals surface area contributed by atoms with Crippen LogP contribution < -0.4 is 4.90 Å². The van der Waals surface area contributed by atoms with Crippen LogP contribution in [-0.2, 0) is 69.9 Å². The van der Waals surface area contributed by atoms with Crippen molar-refractivity contribution in [1.29, 1.82) is 0 Å². The van der Waals surface area contributed by atoms with Crippen LogP contribution in [0.15, 0.2) is 70.1 Å². The van der Waals surface area contributed by atoms with Crippen LogP contribution >= 0.6 is 0 Å². The van der Waals surface area contributed by atoms with Gasteiger partial charge in [-0.25, -0.2) is 4.79 Å². The fraction of sp³-hybridized carbons (Fsp3) is 0.500. The number of ether oxygens (including phenoxy) is 2. The molecule has 0 aromatic heterocycles. The Morgan fingerprint density at radius 1 is 0.852 bits per heavy atom. The van der Waals surface area contributed by atoms with Crippen molar-refractivity contribution in [3.8, 4) is 0 Å². The maximum atomic E-state index is 13.1. The summed E-state index contributed by atoms with van der Waals surface area (Å²) in [5.41, 5.74) is 0.332. The molecule has 3 aliphatic heterocycles. The Labute approximate surface area is 356 Å². The summed E-state index contributed by atoms with van der Waals surface area (Å²) < 4.78 is 116. The van der Waals surface area contributed by atoms with Crippen molar-refractivity contribution in [3.05, 3.63) is 71.5 Å². The molecule has 21 heteroatoms. The van der Waals surface area contributed by atoms with Gasteiger partial charge in [0, 0.05) is 73.7 Å². The van der Waals surface area contributed by atoms with Crippen LogP contribution in [-0.4, -0.2) is 117 Å². The molecule has 0 bridgehead atoms. The number of anilines is 1. The average Bonchev–Trinajstić information content (AvgIpc) is 3.70. The zero-order valence-electron chi connectivity index (χ0n) is 34.8. The fourth-order valence-corrected chi connectivity index (χ4v) is 9.87. The van der Waals surface area contributed by atoms with Gasteiger partial charge in [-0.2, -0.15) is 29.8 Å². The summed E-state index contributed by atoms with van der Waals surface area (Å²) in [6.45, 7) is 8.09. The lowest BCUT2D eigenvalue weighted by Gasteiger charge is -2.41. The third-order valence-electron chi connectivity index (χ3n) is 11.6. The van der Waals surface area contributed by atoms with Gasteiger partial charge in [0.25, 0.3) is 42.2 Å². The molecule has 0 spiro atoms. The second-order valence-electron chi connectivity index (χ2n) is 16.2. The van der Waals surface area contributed by atoms with E-state index in [1.807, 2.05) is 30.2 Å². The van der Waals surface area contributed by atoms with Gasteiger partial charge in [0.1, 0.15) is 6.61 Å². The van der Waals surface area contributed by atoms with Crippen LogP contribution in [0.4, 0.5) is 11.4 Å². The van der Waals surface area contributed by atoms with Gasteiger partial charge in [-0.15, -0.1) is 5.06 Å². The van der Waals surface area contributed by atoms with E-state index in [1.165, 1.54) is 38.5 Å². The Bertz CT molecular complexity index is 2520. The number of carbonyl (C=O) groups is 3. The monoisotopic (exact) mass is 910 g/mol. The Kier molecular flexibility index (Phi) is 13.9. The summed E-state index contributed by atoms with van der Waals surface area (Å²) in [6, 6.07) is 8.36. The molecule has 61 heavy (non-hydrogen) atoms. The van der Waals surface area contributed by atoms with Gasteiger partial charge in [0.05, 0.1) is 27.4 Å². The number of fused-ring (bicyclic) bond motifs is 2. The Hall–Kier alpha value is -4.35. The van der Waals surface area contributed by atoms with Gasteiger partial charge in [-0.05, 0) is 95.3 Å². The van der Waals surface area contributed by atoms with Crippen molar-refractivity contribution in [2.75, 3.05) is 44.6 Å². The largest absolute Gasteiger partial charge is 0.385 e. The van der Waals surface area contributed by atoms with Crippen molar-refractivity contribution < 1.29 is 72.2 Å². The summed E-state index contributed by atoms with van der Waals surface area (Å²) in [5, 5.41) is 0.476. The number of hydroxylamine groups is 2. The minimum Gasteiger partial charge on any atom is -0.385 e. The second kappa shape index (κ2) is 17.8. The van der Waals surface area contributed by atoms with Gasteiger partial charge in [-0.3, -0.25) is 23.2 Å². The van der Waals surface area contributed by atoms with Crippen molar-refractivity contribution in [2.45, 2.75) is 98.8 Å². The number of amides is 2. The lowest BCUT2D eigenvalue weighted by Crippen LogP contribution is -2.45. The lowest BCUT2D eigenvalue weighted by atomic mass is 9.75. The smallest absolute Gasteiger partial charge is 0.333 e. The molecule has 2 aromatic rings. The third-order valence-corrected chi connectivity index (χ3v) is 14.1. The molecule has 18 nitrogen and oxygen atoms in total. The Balaban J connectivity index is 1.67. The average molecular weight is 911 g/mol. The fourth-order valence-electron chi connectivity index (χ4n) is 8.35. The van der Waals surface area contributed by atoms with Gasteiger partial charge >= 0.3 is 5.97 Å². The van der Waals surface area contributed by atoms with E-state index in [9.17, 15) is 53.3 Å². The quantitative estimate of drug-likeness (QED) is 0.101. The predicted molar refractivity (Wildman–Crippen MR) is 221 cm³/mol. The van der Waals surface area contributed by atoms with Crippen molar-refractivity contribution in [3.63, 3.8) is 0 Å². The van der Waals surface area contributed by atoms with Crippen LogP contribution in [0.5, 0.6) is 0 Å². The van der Waals surface area contributed by atoms with E-state index >= 15 is 0 Å². The van der Waals surface area contributed by atoms with Crippen LogP contribution in [0.2, 0.25) is 0 Å². The van der Waals surface area contributed by atoms with Crippen molar-refractivity contribution in [2.24, 2.45) is 0 Å². The Morgan fingerprint density at radius 2 is 1.44 bits per heavy atom. The molecule has 0 aliphatic carbocycles. The van der Waals surface area contributed by atoms with Crippen LogP contribution in [0.3, 0.4) is 0 Å². The van der Waals surface area contributed by atoms with Gasteiger partial charge in [-0.1, -0.05) is 6.08 Å². The molecule has 0 radical (unpaired) electrons. The van der Waals surface area contributed by atoms with E-state index in [1.54, 1.807) is 37.3 Å². The number of rotatable bonds is 19. The highest BCUT2D eigenvalue weighted by Crippen LogP contribution is 2.54. The summed E-state index contributed by atoms with van der Waals surface area (Å²) >= 11 is 0. The molecule has 334 valence electrons. The number of allylic oxidation sites excluding steroid dienone is 4. The first-order valence-electron chi connectivity index (χ1n) is 19.4. The SMILES string of the molecule is COCC[N+]1=C(C=CC=C2N(C(C)(C)CCC(=O)ON3C(=O)CCC3=O)c3ccc(S(=O)(=O)O)cc3C2(C)CCOC)C(C)(CCCS(=O)(=O)O)c2cc(S(=O)(=O)O)ccc21. The molecule has 1 saturated heterocycles. The Morgan fingerprint density at radius 3 is 2.02 bits per heavy atom. The molecule has 3 aliphatic rings.